The number of hydrogen-bond acceptors (Lipinski definition) is 6. The first kappa shape index (κ1) is 22.5. The van der Waals surface area contributed by atoms with Crippen molar-refractivity contribution in [1.82, 2.24) is 20.1 Å². The number of piperidine rings is 1. The lowest BCUT2D eigenvalue weighted by Gasteiger charge is -2.30. The first-order valence-corrected chi connectivity index (χ1v) is 12.5. The molecule has 0 saturated carbocycles. The normalized spacial score (nSPS) is 16.2. The minimum absolute atomic E-state index is 0.290. The first-order chi connectivity index (χ1) is 17.6. The molecular formula is C28H29N5O3. The second-order valence-electron chi connectivity index (χ2n) is 9.69. The molecule has 6 rings (SSSR count). The summed E-state index contributed by atoms with van der Waals surface area (Å²) in [6.07, 6.45) is 6.32. The lowest BCUT2D eigenvalue weighted by atomic mass is 9.98. The molecule has 2 aliphatic heterocycles. The summed E-state index contributed by atoms with van der Waals surface area (Å²) < 4.78 is 11.2. The summed E-state index contributed by atoms with van der Waals surface area (Å²) >= 11 is 0. The average Bonchev–Trinajstić information content (AvgIpc) is 3.34. The van der Waals surface area contributed by atoms with Gasteiger partial charge in [0.15, 0.2) is 17.2 Å². The highest BCUT2D eigenvalue weighted by atomic mass is 16.6. The van der Waals surface area contributed by atoms with Gasteiger partial charge in [0, 0.05) is 41.6 Å². The highest BCUT2D eigenvalue weighted by Gasteiger charge is 2.19. The SMILES string of the molecule is CC1CCN(Cc2cncc(-c3ccc4[nH]nc(C(=O)Nc5ccc6c(c5)OCCO6)c4c3)c2)CC1. The van der Waals surface area contributed by atoms with Crippen LogP contribution in [0, 0.1) is 5.92 Å². The Kier molecular flexibility index (Phi) is 6.03. The lowest BCUT2D eigenvalue weighted by molar-refractivity contribution is 0.102. The number of pyridine rings is 1. The molecule has 0 atom stereocenters. The number of aromatic amines is 1. The van der Waals surface area contributed by atoms with Crippen molar-refractivity contribution >= 4 is 22.5 Å². The number of anilines is 1. The maximum atomic E-state index is 13.1. The molecule has 1 saturated heterocycles. The predicted molar refractivity (Wildman–Crippen MR) is 138 cm³/mol. The second kappa shape index (κ2) is 9.62. The van der Waals surface area contributed by atoms with E-state index >= 15 is 0 Å². The summed E-state index contributed by atoms with van der Waals surface area (Å²) in [6, 6.07) is 13.6. The maximum Gasteiger partial charge on any atom is 0.276 e. The van der Waals surface area contributed by atoms with Crippen LogP contribution >= 0.6 is 0 Å². The van der Waals surface area contributed by atoms with E-state index in [1.165, 1.54) is 18.4 Å². The van der Waals surface area contributed by atoms with Crippen LogP contribution in [0.15, 0.2) is 54.9 Å². The molecule has 4 heterocycles. The standard InChI is InChI=1S/C28H29N5O3/c1-18-6-8-33(9-7-18)17-19-12-21(16-29-15-19)20-2-4-24-23(13-20)27(32-31-24)28(34)30-22-3-5-25-26(14-22)36-11-10-35-25/h2-5,12-16,18H,6-11,17H2,1H3,(H,30,34)(H,31,32). The number of carbonyl (C=O) groups is 1. The molecule has 1 fully saturated rings. The molecule has 184 valence electrons. The Morgan fingerprint density at radius 3 is 2.72 bits per heavy atom. The van der Waals surface area contributed by atoms with Crippen LogP contribution in [0.2, 0.25) is 0 Å². The average molecular weight is 484 g/mol. The molecule has 0 unspecified atom stereocenters. The van der Waals surface area contributed by atoms with Gasteiger partial charge in [-0.1, -0.05) is 13.0 Å². The van der Waals surface area contributed by atoms with Crippen molar-refractivity contribution in [2.24, 2.45) is 5.92 Å². The van der Waals surface area contributed by atoms with Gasteiger partial charge in [-0.05, 0) is 73.3 Å². The Bertz CT molecular complexity index is 1410. The van der Waals surface area contributed by atoms with Crippen LogP contribution in [0.25, 0.3) is 22.0 Å². The minimum atomic E-state index is -0.290. The van der Waals surface area contributed by atoms with Gasteiger partial charge in [0.05, 0.1) is 5.52 Å². The van der Waals surface area contributed by atoms with Crippen LogP contribution in [0.3, 0.4) is 0 Å². The van der Waals surface area contributed by atoms with E-state index < -0.39 is 0 Å². The summed E-state index contributed by atoms with van der Waals surface area (Å²) in [4.78, 5) is 20.1. The molecule has 0 spiro atoms. The predicted octanol–water partition coefficient (Wildman–Crippen LogP) is 4.88. The van der Waals surface area contributed by atoms with Gasteiger partial charge in [-0.3, -0.25) is 19.8 Å². The number of ether oxygens (including phenoxy) is 2. The van der Waals surface area contributed by atoms with Gasteiger partial charge in [-0.2, -0.15) is 5.10 Å². The highest BCUT2D eigenvalue weighted by molar-refractivity contribution is 6.11. The van der Waals surface area contributed by atoms with Gasteiger partial charge in [0.2, 0.25) is 0 Å². The smallest absolute Gasteiger partial charge is 0.276 e. The molecule has 2 aliphatic rings. The van der Waals surface area contributed by atoms with E-state index in [1.54, 1.807) is 18.2 Å². The molecule has 8 nitrogen and oxygen atoms in total. The van der Waals surface area contributed by atoms with Crippen molar-refractivity contribution < 1.29 is 14.3 Å². The van der Waals surface area contributed by atoms with Crippen LogP contribution in [-0.4, -0.2) is 52.3 Å². The third-order valence-corrected chi connectivity index (χ3v) is 6.99. The van der Waals surface area contributed by atoms with E-state index in [2.05, 4.69) is 38.4 Å². The zero-order valence-electron chi connectivity index (χ0n) is 20.3. The Labute approximate surface area is 209 Å². The van der Waals surface area contributed by atoms with Gasteiger partial charge in [0.1, 0.15) is 13.2 Å². The molecule has 2 aromatic carbocycles. The molecule has 0 radical (unpaired) electrons. The zero-order chi connectivity index (χ0) is 24.5. The molecule has 0 bridgehead atoms. The summed E-state index contributed by atoms with van der Waals surface area (Å²) in [5, 5.41) is 11.0. The second-order valence-corrected chi connectivity index (χ2v) is 9.69. The Hall–Kier alpha value is -3.91. The number of rotatable bonds is 5. The zero-order valence-corrected chi connectivity index (χ0v) is 20.3. The number of H-pyrrole nitrogens is 1. The maximum absolute atomic E-state index is 13.1. The topological polar surface area (TPSA) is 92.4 Å². The monoisotopic (exact) mass is 483 g/mol. The fourth-order valence-electron chi connectivity index (χ4n) is 4.89. The lowest BCUT2D eigenvalue weighted by Crippen LogP contribution is -2.32. The van der Waals surface area contributed by atoms with Crippen LogP contribution < -0.4 is 14.8 Å². The fourth-order valence-corrected chi connectivity index (χ4v) is 4.89. The van der Waals surface area contributed by atoms with E-state index in [1.807, 2.05) is 30.6 Å². The van der Waals surface area contributed by atoms with Crippen molar-refractivity contribution in [2.45, 2.75) is 26.3 Å². The molecule has 4 aromatic rings. The number of amides is 1. The number of aromatic nitrogens is 3. The molecule has 2 aromatic heterocycles. The number of fused-ring (bicyclic) bond motifs is 2. The Morgan fingerprint density at radius 2 is 1.86 bits per heavy atom. The van der Waals surface area contributed by atoms with E-state index in [-0.39, 0.29) is 5.91 Å². The fraction of sp³-hybridized carbons (Fsp3) is 0.321. The Morgan fingerprint density at radius 1 is 1.03 bits per heavy atom. The van der Waals surface area contributed by atoms with Gasteiger partial charge in [0.25, 0.3) is 5.91 Å². The van der Waals surface area contributed by atoms with Crippen molar-refractivity contribution in [3.63, 3.8) is 0 Å². The third kappa shape index (κ3) is 4.64. The summed E-state index contributed by atoms with van der Waals surface area (Å²) in [5.74, 6) is 1.83. The number of carbonyl (C=O) groups excluding carboxylic acids is 1. The number of hydrogen-bond donors (Lipinski definition) is 2. The molecule has 2 N–H and O–H groups in total. The molecule has 8 heteroatoms. The number of benzene rings is 2. The van der Waals surface area contributed by atoms with E-state index in [4.69, 9.17) is 9.47 Å². The third-order valence-electron chi connectivity index (χ3n) is 6.99. The van der Waals surface area contributed by atoms with Crippen LogP contribution in [0.5, 0.6) is 11.5 Å². The van der Waals surface area contributed by atoms with Crippen molar-refractivity contribution in [3.8, 4) is 22.6 Å². The van der Waals surface area contributed by atoms with E-state index in [0.717, 1.165) is 47.6 Å². The number of nitrogens with one attached hydrogen (secondary N) is 2. The summed E-state index contributed by atoms with van der Waals surface area (Å²) in [5.41, 5.74) is 5.00. The van der Waals surface area contributed by atoms with Crippen molar-refractivity contribution in [3.05, 3.63) is 66.1 Å². The van der Waals surface area contributed by atoms with Gasteiger partial charge < -0.3 is 14.8 Å². The van der Waals surface area contributed by atoms with Crippen LogP contribution in [-0.2, 0) is 6.54 Å². The summed E-state index contributed by atoms with van der Waals surface area (Å²) in [7, 11) is 0. The van der Waals surface area contributed by atoms with Gasteiger partial charge in [-0.25, -0.2) is 0 Å². The molecule has 1 amide bonds. The highest BCUT2D eigenvalue weighted by Crippen LogP contribution is 2.33. The van der Waals surface area contributed by atoms with Crippen molar-refractivity contribution in [2.75, 3.05) is 31.6 Å². The number of likely N-dealkylation sites (tertiary alicyclic amines) is 1. The molecule has 36 heavy (non-hydrogen) atoms. The Balaban J connectivity index is 1.23. The first-order valence-electron chi connectivity index (χ1n) is 12.5. The minimum Gasteiger partial charge on any atom is -0.486 e. The van der Waals surface area contributed by atoms with Gasteiger partial charge in [-0.15, -0.1) is 0 Å². The van der Waals surface area contributed by atoms with Crippen LogP contribution in [0.1, 0.15) is 35.8 Å². The van der Waals surface area contributed by atoms with Crippen LogP contribution in [0.4, 0.5) is 5.69 Å². The van der Waals surface area contributed by atoms with E-state index in [9.17, 15) is 4.79 Å². The largest absolute Gasteiger partial charge is 0.486 e. The molecule has 0 aliphatic carbocycles. The van der Waals surface area contributed by atoms with Crippen molar-refractivity contribution in [1.29, 1.82) is 0 Å². The van der Waals surface area contributed by atoms with Gasteiger partial charge >= 0.3 is 0 Å². The number of nitrogens with zero attached hydrogens (tertiary/aromatic N) is 3. The molecular weight excluding hydrogens is 454 g/mol. The quantitative estimate of drug-likeness (QED) is 0.420. The van der Waals surface area contributed by atoms with E-state index in [0.29, 0.717) is 36.1 Å². The summed E-state index contributed by atoms with van der Waals surface area (Å²) in [6.45, 7) is 6.52.